The maximum Gasteiger partial charge on any atom is 0.410 e. The predicted molar refractivity (Wildman–Crippen MR) is 97.6 cm³/mol. The molecule has 0 spiro atoms. The van der Waals surface area contributed by atoms with Gasteiger partial charge in [0.15, 0.2) is 0 Å². The van der Waals surface area contributed by atoms with Crippen LogP contribution < -0.4 is 5.32 Å². The molecule has 1 saturated heterocycles. The van der Waals surface area contributed by atoms with Crippen LogP contribution in [-0.2, 0) is 4.74 Å². The number of hydrogen-bond acceptors (Lipinski definition) is 5. The summed E-state index contributed by atoms with van der Waals surface area (Å²) in [5.41, 5.74) is 0.364. The summed E-state index contributed by atoms with van der Waals surface area (Å²) in [4.78, 5) is 25.9. The lowest BCUT2D eigenvalue weighted by atomic mass is 10.00. The van der Waals surface area contributed by atoms with Crippen LogP contribution in [0.5, 0.6) is 0 Å². The van der Waals surface area contributed by atoms with Gasteiger partial charge in [-0.2, -0.15) is 0 Å². The lowest BCUT2D eigenvalue weighted by molar-refractivity contribution is 0.00930. The maximum atomic E-state index is 12.5. The van der Waals surface area contributed by atoms with E-state index in [4.69, 9.17) is 4.74 Å². The molecule has 7 nitrogen and oxygen atoms in total. The fourth-order valence-corrected chi connectivity index (χ4v) is 3.23. The van der Waals surface area contributed by atoms with Crippen molar-refractivity contribution in [1.82, 2.24) is 19.9 Å². The first-order valence-electron chi connectivity index (χ1n) is 8.95. The van der Waals surface area contributed by atoms with E-state index >= 15 is 0 Å². The van der Waals surface area contributed by atoms with Gasteiger partial charge < -0.3 is 19.9 Å². The van der Waals surface area contributed by atoms with E-state index in [0.29, 0.717) is 0 Å². The smallest absolute Gasteiger partial charge is 0.410 e. The molecule has 3 heterocycles. The Morgan fingerprint density at radius 2 is 2.24 bits per heavy atom. The lowest BCUT2D eigenvalue weighted by Crippen LogP contribution is -2.46. The van der Waals surface area contributed by atoms with E-state index in [0.717, 1.165) is 55.6 Å². The fourth-order valence-electron chi connectivity index (χ4n) is 3.23. The van der Waals surface area contributed by atoms with Crippen molar-refractivity contribution in [3.8, 4) is 0 Å². The number of fused-ring (bicyclic) bond motifs is 1. The second kappa shape index (κ2) is 7.29. The minimum absolute atomic E-state index is 0.202. The average molecular weight is 345 g/mol. The van der Waals surface area contributed by atoms with Crippen molar-refractivity contribution in [3.05, 3.63) is 18.6 Å². The highest BCUT2D eigenvalue weighted by atomic mass is 16.6. The van der Waals surface area contributed by atoms with Crippen LogP contribution in [0, 0.1) is 0 Å². The molecule has 1 fully saturated rings. The Labute approximate surface area is 148 Å². The van der Waals surface area contributed by atoms with Crippen LogP contribution >= 0.6 is 0 Å². The van der Waals surface area contributed by atoms with Gasteiger partial charge in [-0.15, -0.1) is 0 Å². The molecule has 1 aliphatic rings. The van der Waals surface area contributed by atoms with Gasteiger partial charge in [-0.3, -0.25) is 0 Å². The maximum absolute atomic E-state index is 12.5. The fraction of sp³-hybridized carbons (Fsp3) is 0.611. The Hall–Kier alpha value is -2.31. The Morgan fingerprint density at radius 1 is 1.40 bits per heavy atom. The average Bonchev–Trinajstić information content (AvgIpc) is 3.03. The quantitative estimate of drug-likeness (QED) is 0.885. The summed E-state index contributed by atoms with van der Waals surface area (Å²) in [6, 6.07) is 2.17. The summed E-state index contributed by atoms with van der Waals surface area (Å²) >= 11 is 0. The lowest BCUT2D eigenvalue weighted by Gasteiger charge is -2.36. The van der Waals surface area contributed by atoms with Crippen molar-refractivity contribution in [2.45, 2.75) is 58.1 Å². The molecular weight excluding hydrogens is 318 g/mol. The van der Waals surface area contributed by atoms with Crippen molar-refractivity contribution >= 4 is 22.9 Å². The number of nitrogens with one attached hydrogen (secondary N) is 2. The van der Waals surface area contributed by atoms with E-state index in [1.165, 1.54) is 0 Å². The van der Waals surface area contributed by atoms with E-state index in [-0.39, 0.29) is 12.1 Å². The largest absolute Gasteiger partial charge is 0.444 e. The summed E-state index contributed by atoms with van der Waals surface area (Å²) in [5.74, 6) is 0.825. The van der Waals surface area contributed by atoms with Crippen molar-refractivity contribution in [1.29, 1.82) is 0 Å². The van der Waals surface area contributed by atoms with Crippen LogP contribution in [0.4, 0.5) is 10.6 Å². The third kappa shape index (κ3) is 4.41. The Morgan fingerprint density at radius 3 is 3.04 bits per heavy atom. The minimum atomic E-state index is -0.460. The van der Waals surface area contributed by atoms with Crippen LogP contribution in [0.25, 0.3) is 11.0 Å². The van der Waals surface area contributed by atoms with Gasteiger partial charge in [-0.05, 0) is 52.5 Å². The number of aromatic amines is 1. The number of likely N-dealkylation sites (tertiary alicyclic amines) is 1. The number of carbonyl (C=O) groups is 1. The molecule has 136 valence electrons. The first-order valence-corrected chi connectivity index (χ1v) is 8.95. The van der Waals surface area contributed by atoms with Crippen molar-refractivity contribution in [3.63, 3.8) is 0 Å². The monoisotopic (exact) mass is 345 g/mol. The number of anilines is 1. The molecule has 2 N–H and O–H groups in total. The zero-order chi connectivity index (χ0) is 17.9. The van der Waals surface area contributed by atoms with Crippen molar-refractivity contribution in [2.75, 3.05) is 18.4 Å². The van der Waals surface area contributed by atoms with Crippen molar-refractivity contribution < 1.29 is 9.53 Å². The molecule has 1 amide bonds. The normalized spacial score (nSPS) is 18.4. The van der Waals surface area contributed by atoms with Gasteiger partial charge in [-0.25, -0.2) is 14.8 Å². The number of nitrogens with zero attached hydrogens (tertiary/aromatic N) is 3. The minimum Gasteiger partial charge on any atom is -0.444 e. The molecular formula is C18H27N5O2. The molecule has 0 bridgehead atoms. The number of H-pyrrole nitrogens is 1. The topological polar surface area (TPSA) is 83.1 Å². The molecule has 3 rings (SSSR count). The Balaban J connectivity index is 1.58. The number of ether oxygens (including phenoxy) is 1. The Kier molecular flexibility index (Phi) is 5.11. The highest BCUT2D eigenvalue weighted by molar-refractivity contribution is 5.86. The highest BCUT2D eigenvalue weighted by Gasteiger charge is 2.30. The molecule has 0 aromatic carbocycles. The molecule has 2 aromatic heterocycles. The summed E-state index contributed by atoms with van der Waals surface area (Å²) in [6.45, 7) is 7.24. The van der Waals surface area contributed by atoms with E-state index in [2.05, 4.69) is 20.3 Å². The van der Waals surface area contributed by atoms with Gasteiger partial charge >= 0.3 is 6.09 Å². The van der Waals surface area contributed by atoms with E-state index < -0.39 is 5.60 Å². The van der Waals surface area contributed by atoms with E-state index in [1.807, 2.05) is 37.9 Å². The van der Waals surface area contributed by atoms with Crippen LogP contribution in [-0.4, -0.2) is 50.7 Å². The van der Waals surface area contributed by atoms with Gasteiger partial charge in [0, 0.05) is 25.3 Å². The predicted octanol–water partition coefficient (Wildman–Crippen LogP) is 3.55. The highest BCUT2D eigenvalue weighted by Crippen LogP contribution is 2.23. The number of carbonyl (C=O) groups excluding carboxylic acids is 1. The van der Waals surface area contributed by atoms with Crippen molar-refractivity contribution in [2.24, 2.45) is 0 Å². The van der Waals surface area contributed by atoms with Gasteiger partial charge in [0.25, 0.3) is 0 Å². The number of amides is 1. The third-order valence-corrected chi connectivity index (χ3v) is 4.38. The molecule has 0 aliphatic carbocycles. The van der Waals surface area contributed by atoms with Crippen LogP contribution in [0.3, 0.4) is 0 Å². The molecule has 0 radical (unpaired) electrons. The summed E-state index contributed by atoms with van der Waals surface area (Å²) in [5, 5.41) is 4.36. The van der Waals surface area contributed by atoms with Crippen LogP contribution in [0.1, 0.15) is 46.5 Å². The zero-order valence-electron chi connectivity index (χ0n) is 15.2. The zero-order valence-corrected chi connectivity index (χ0v) is 15.2. The van der Waals surface area contributed by atoms with E-state index in [1.54, 1.807) is 6.33 Å². The number of rotatable bonds is 4. The number of hydrogen-bond donors (Lipinski definition) is 2. The first kappa shape index (κ1) is 17.5. The van der Waals surface area contributed by atoms with Crippen LogP contribution in [0.15, 0.2) is 18.6 Å². The number of piperidine rings is 1. The molecule has 0 saturated carbocycles. The summed E-state index contributed by atoms with van der Waals surface area (Å²) < 4.78 is 5.56. The molecule has 2 aromatic rings. The van der Waals surface area contributed by atoms with E-state index in [9.17, 15) is 4.79 Å². The Bertz CT molecular complexity index is 722. The van der Waals surface area contributed by atoms with Gasteiger partial charge in [0.05, 0.1) is 5.39 Å². The van der Waals surface area contributed by atoms with Gasteiger partial charge in [-0.1, -0.05) is 0 Å². The molecule has 1 atom stereocenters. The van der Waals surface area contributed by atoms with Crippen LogP contribution in [0.2, 0.25) is 0 Å². The summed E-state index contributed by atoms with van der Waals surface area (Å²) in [6.07, 6.45) is 7.29. The molecule has 1 unspecified atom stereocenters. The SMILES string of the molecule is CC(C)(C)OC(=O)N1CCCCC1CCNc1ncnc2[nH]ccc12. The first-order chi connectivity index (χ1) is 11.9. The van der Waals surface area contributed by atoms with Gasteiger partial charge in [0.1, 0.15) is 23.4 Å². The summed E-state index contributed by atoms with van der Waals surface area (Å²) in [7, 11) is 0. The number of aromatic nitrogens is 3. The molecule has 25 heavy (non-hydrogen) atoms. The second-order valence-electron chi connectivity index (χ2n) is 7.50. The standard InChI is InChI=1S/C18H27N5O2/c1-18(2,3)25-17(24)23-11-5-4-6-13(23)7-9-19-15-14-8-10-20-16(14)22-12-21-15/h8,10,12-13H,4-7,9,11H2,1-3H3,(H2,19,20,21,22). The third-order valence-electron chi connectivity index (χ3n) is 4.38. The second-order valence-corrected chi connectivity index (χ2v) is 7.50. The van der Waals surface area contributed by atoms with Gasteiger partial charge in [0.2, 0.25) is 0 Å². The molecule has 1 aliphatic heterocycles. The molecule has 7 heteroatoms.